The Morgan fingerprint density at radius 3 is 2.75 bits per heavy atom. The Bertz CT molecular complexity index is 506. The van der Waals surface area contributed by atoms with Crippen LogP contribution in [0, 0.1) is 12.3 Å². The third kappa shape index (κ3) is 4.17. The van der Waals surface area contributed by atoms with E-state index in [1.165, 1.54) is 12.0 Å². The molecule has 1 N–H and O–H groups in total. The van der Waals surface area contributed by atoms with E-state index in [9.17, 15) is 0 Å². The van der Waals surface area contributed by atoms with E-state index in [-0.39, 0.29) is 0 Å². The van der Waals surface area contributed by atoms with Gasteiger partial charge >= 0.3 is 0 Å². The van der Waals surface area contributed by atoms with Crippen molar-refractivity contribution in [2.24, 2.45) is 10.4 Å². The number of nitrogens with zero attached hydrogens (tertiary/aromatic N) is 1. The van der Waals surface area contributed by atoms with Crippen LogP contribution in [0.4, 0.5) is 5.69 Å². The molecule has 0 spiro atoms. The molecule has 0 fully saturated rings. The van der Waals surface area contributed by atoms with Crippen LogP contribution in [0.3, 0.4) is 0 Å². The van der Waals surface area contributed by atoms with E-state index in [4.69, 9.17) is 4.74 Å². The number of hydrogen-bond donors (Lipinski definition) is 1. The molecule has 1 aliphatic rings. The van der Waals surface area contributed by atoms with Crippen LogP contribution < -0.4 is 10.1 Å². The van der Waals surface area contributed by atoms with Gasteiger partial charge in [-0.1, -0.05) is 32.5 Å². The van der Waals surface area contributed by atoms with E-state index in [0.717, 1.165) is 23.1 Å². The predicted molar refractivity (Wildman–Crippen MR) is 89.1 cm³/mol. The second-order valence-electron chi connectivity index (χ2n) is 6.46. The maximum atomic E-state index is 5.23. The summed E-state index contributed by atoms with van der Waals surface area (Å²) in [5, 5.41) is 5.06. The minimum atomic E-state index is 0.360. The second-order valence-corrected chi connectivity index (χ2v) is 7.75. The fourth-order valence-corrected chi connectivity index (χ4v) is 3.66. The zero-order valence-corrected chi connectivity index (χ0v) is 13.8. The molecule has 110 valence electrons. The van der Waals surface area contributed by atoms with Gasteiger partial charge in [0.2, 0.25) is 0 Å². The fraction of sp³-hybridized carbons (Fsp3) is 0.562. The van der Waals surface area contributed by atoms with Crippen LogP contribution in [0.5, 0.6) is 5.75 Å². The molecule has 0 radical (unpaired) electrons. The van der Waals surface area contributed by atoms with Crippen LogP contribution in [0.25, 0.3) is 0 Å². The first kappa shape index (κ1) is 15.2. The molecule has 0 saturated carbocycles. The predicted octanol–water partition coefficient (Wildman–Crippen LogP) is 4.32. The highest BCUT2D eigenvalue weighted by Crippen LogP contribution is 2.33. The molecule has 3 nitrogen and oxygen atoms in total. The third-order valence-electron chi connectivity index (χ3n) is 3.23. The smallest absolute Gasteiger partial charge is 0.161 e. The van der Waals surface area contributed by atoms with Crippen molar-refractivity contribution in [2.45, 2.75) is 39.4 Å². The first-order valence-corrected chi connectivity index (χ1v) is 7.88. The molecule has 1 unspecified atom stereocenters. The van der Waals surface area contributed by atoms with Gasteiger partial charge in [0.15, 0.2) is 5.17 Å². The molecular formula is C16H24N2OS. The molecule has 1 atom stereocenters. The van der Waals surface area contributed by atoms with Gasteiger partial charge in [0.05, 0.1) is 13.7 Å². The molecule has 20 heavy (non-hydrogen) atoms. The number of methoxy groups -OCH3 is 1. The van der Waals surface area contributed by atoms with Gasteiger partial charge in [-0.15, -0.1) is 0 Å². The van der Waals surface area contributed by atoms with E-state index in [2.05, 4.69) is 38.0 Å². The van der Waals surface area contributed by atoms with Gasteiger partial charge in [0, 0.05) is 10.9 Å². The van der Waals surface area contributed by atoms with Crippen molar-refractivity contribution in [2.75, 3.05) is 19.0 Å². The lowest BCUT2D eigenvalue weighted by atomic mass is 9.90. The lowest BCUT2D eigenvalue weighted by molar-refractivity contribution is 0.375. The molecule has 2 rings (SSSR count). The van der Waals surface area contributed by atoms with E-state index >= 15 is 0 Å². The Morgan fingerprint density at radius 2 is 2.15 bits per heavy atom. The Kier molecular flexibility index (Phi) is 4.63. The van der Waals surface area contributed by atoms with Crippen molar-refractivity contribution in [1.29, 1.82) is 0 Å². The Balaban J connectivity index is 1.95. The van der Waals surface area contributed by atoms with Gasteiger partial charge in [-0.3, -0.25) is 4.99 Å². The summed E-state index contributed by atoms with van der Waals surface area (Å²) in [5.41, 5.74) is 2.64. The van der Waals surface area contributed by atoms with E-state index < -0.39 is 0 Å². The van der Waals surface area contributed by atoms with Crippen LogP contribution in [0.15, 0.2) is 23.2 Å². The van der Waals surface area contributed by atoms with Crippen molar-refractivity contribution >= 4 is 22.6 Å². The quantitative estimate of drug-likeness (QED) is 0.900. The van der Waals surface area contributed by atoms with Crippen molar-refractivity contribution in [3.8, 4) is 5.75 Å². The van der Waals surface area contributed by atoms with Gasteiger partial charge in [-0.05, 0) is 42.5 Å². The molecule has 1 heterocycles. The average Bonchev–Trinajstić information content (AvgIpc) is 2.76. The molecule has 0 bridgehead atoms. The number of anilines is 1. The molecule has 0 aliphatic carbocycles. The Morgan fingerprint density at radius 1 is 1.40 bits per heavy atom. The number of benzene rings is 1. The molecule has 1 aromatic carbocycles. The summed E-state index contributed by atoms with van der Waals surface area (Å²) in [5.74, 6) is 0.889. The molecular weight excluding hydrogens is 268 g/mol. The first-order chi connectivity index (χ1) is 9.37. The van der Waals surface area contributed by atoms with Crippen molar-refractivity contribution < 1.29 is 4.74 Å². The van der Waals surface area contributed by atoms with Crippen LogP contribution in [-0.2, 0) is 0 Å². The number of amidine groups is 1. The van der Waals surface area contributed by atoms with Crippen molar-refractivity contribution in [3.63, 3.8) is 0 Å². The summed E-state index contributed by atoms with van der Waals surface area (Å²) in [6.45, 7) is 9.85. The van der Waals surface area contributed by atoms with Gasteiger partial charge < -0.3 is 10.1 Å². The van der Waals surface area contributed by atoms with Gasteiger partial charge in [0.25, 0.3) is 0 Å². The SMILES string of the molecule is COc1ccc(NC2=NCC(CC(C)(C)C)S2)c(C)c1. The van der Waals surface area contributed by atoms with Gasteiger partial charge in [0.1, 0.15) is 5.75 Å². The van der Waals surface area contributed by atoms with Crippen LogP contribution in [0.1, 0.15) is 32.8 Å². The van der Waals surface area contributed by atoms with Crippen molar-refractivity contribution in [3.05, 3.63) is 23.8 Å². The molecule has 1 aliphatic heterocycles. The minimum Gasteiger partial charge on any atom is -0.497 e. The summed E-state index contributed by atoms with van der Waals surface area (Å²) in [7, 11) is 1.69. The standard InChI is InChI=1S/C16H24N2OS/c1-11-8-12(19-5)6-7-14(11)18-15-17-10-13(20-15)9-16(2,3)4/h6-8,13H,9-10H2,1-5H3,(H,17,18). The maximum Gasteiger partial charge on any atom is 0.161 e. The fourth-order valence-electron chi connectivity index (χ4n) is 2.29. The number of rotatable bonds is 3. The third-order valence-corrected chi connectivity index (χ3v) is 4.34. The molecule has 0 saturated heterocycles. The molecule has 4 heteroatoms. The zero-order valence-electron chi connectivity index (χ0n) is 13.0. The van der Waals surface area contributed by atoms with E-state index in [0.29, 0.717) is 10.7 Å². The highest BCUT2D eigenvalue weighted by molar-refractivity contribution is 8.15. The zero-order chi connectivity index (χ0) is 14.8. The van der Waals surface area contributed by atoms with Gasteiger partial charge in [-0.2, -0.15) is 0 Å². The number of aliphatic imine (C=N–C) groups is 1. The Labute approximate surface area is 126 Å². The topological polar surface area (TPSA) is 33.6 Å². The lowest BCUT2D eigenvalue weighted by Crippen LogP contribution is -2.16. The number of aryl methyl sites for hydroxylation is 1. The second kappa shape index (κ2) is 6.08. The minimum absolute atomic E-state index is 0.360. The summed E-state index contributed by atoms with van der Waals surface area (Å²) in [6, 6.07) is 6.06. The highest BCUT2D eigenvalue weighted by Gasteiger charge is 2.25. The molecule has 0 aromatic heterocycles. The van der Waals surface area contributed by atoms with Crippen LogP contribution in [-0.4, -0.2) is 24.1 Å². The summed E-state index contributed by atoms with van der Waals surface area (Å²) in [6.07, 6.45) is 1.19. The average molecular weight is 292 g/mol. The maximum absolute atomic E-state index is 5.23. The number of nitrogens with one attached hydrogen (secondary N) is 1. The van der Waals surface area contributed by atoms with Crippen LogP contribution >= 0.6 is 11.8 Å². The summed E-state index contributed by atoms with van der Waals surface area (Å²) in [4.78, 5) is 4.62. The number of ether oxygens (including phenoxy) is 1. The molecule has 1 aromatic rings. The van der Waals surface area contributed by atoms with E-state index in [1.54, 1.807) is 7.11 Å². The van der Waals surface area contributed by atoms with Crippen LogP contribution in [0.2, 0.25) is 0 Å². The van der Waals surface area contributed by atoms with Crippen molar-refractivity contribution in [1.82, 2.24) is 0 Å². The largest absolute Gasteiger partial charge is 0.497 e. The lowest BCUT2D eigenvalue weighted by Gasteiger charge is -2.21. The molecule has 0 amide bonds. The monoisotopic (exact) mass is 292 g/mol. The van der Waals surface area contributed by atoms with Gasteiger partial charge in [-0.25, -0.2) is 0 Å². The number of thioether (sulfide) groups is 1. The van der Waals surface area contributed by atoms with E-state index in [1.807, 2.05) is 30.0 Å². The Hall–Kier alpha value is -1.16. The first-order valence-electron chi connectivity index (χ1n) is 7.00. The summed E-state index contributed by atoms with van der Waals surface area (Å²) < 4.78 is 5.23. The highest BCUT2D eigenvalue weighted by atomic mass is 32.2. The normalized spacial score (nSPS) is 18.9. The summed E-state index contributed by atoms with van der Waals surface area (Å²) >= 11 is 1.86. The number of hydrogen-bond acceptors (Lipinski definition) is 4.